The van der Waals surface area contributed by atoms with Gasteiger partial charge in [-0.3, -0.25) is 4.79 Å². The van der Waals surface area contributed by atoms with E-state index in [0.29, 0.717) is 36.3 Å². The molecule has 1 aliphatic heterocycles. The number of carbonyl (C=O) groups is 1. The number of ether oxygens (including phenoxy) is 3. The van der Waals surface area contributed by atoms with E-state index in [1.54, 1.807) is 18.2 Å². The highest BCUT2D eigenvalue weighted by molar-refractivity contribution is 6.31. The molecule has 0 fully saturated rings. The maximum Gasteiger partial charge on any atom is 0.270 e. The Bertz CT molecular complexity index is 844. The van der Waals surface area contributed by atoms with E-state index in [2.05, 4.69) is 10.5 Å². The zero-order valence-electron chi connectivity index (χ0n) is 14.1. The molecule has 0 bridgehead atoms. The molecule has 2 aromatic rings. The average Bonchev–Trinajstić information content (AvgIpc) is 3.11. The number of benzene rings is 2. The van der Waals surface area contributed by atoms with Crippen LogP contribution in [0.4, 0.5) is 14.5 Å². The molecule has 3 rings (SSSR count). The first-order valence-electron chi connectivity index (χ1n) is 8.05. The smallest absolute Gasteiger partial charge is 0.270 e. The summed E-state index contributed by atoms with van der Waals surface area (Å²) in [6, 6.07) is 8.09. The first kappa shape index (κ1) is 18.4. The van der Waals surface area contributed by atoms with Crippen LogP contribution in [0.1, 0.15) is 6.42 Å². The topological polar surface area (TPSA) is 78.4 Å². The van der Waals surface area contributed by atoms with Gasteiger partial charge in [0.1, 0.15) is 30.2 Å². The lowest BCUT2D eigenvalue weighted by atomic mass is 10.3. The molecule has 1 heterocycles. The van der Waals surface area contributed by atoms with Gasteiger partial charge < -0.3 is 24.4 Å². The fraction of sp³-hybridized carbons (Fsp3) is 0.222. The van der Waals surface area contributed by atoms with Gasteiger partial charge in [0.15, 0.2) is 11.5 Å². The lowest BCUT2D eigenvalue weighted by Gasteiger charge is -2.06. The number of hydrogen-bond donors (Lipinski definition) is 1. The van der Waals surface area contributed by atoms with Gasteiger partial charge >= 0.3 is 0 Å². The number of fused-ring (bicyclic) bond motifs is 1. The molecule has 0 atom stereocenters. The van der Waals surface area contributed by atoms with Crippen LogP contribution in [-0.2, 0) is 9.63 Å². The van der Waals surface area contributed by atoms with Gasteiger partial charge in [-0.15, -0.1) is 0 Å². The van der Waals surface area contributed by atoms with Gasteiger partial charge in [-0.1, -0.05) is 5.16 Å². The van der Waals surface area contributed by atoms with Crippen molar-refractivity contribution in [3.63, 3.8) is 0 Å². The first-order chi connectivity index (χ1) is 13.1. The Balaban J connectivity index is 1.32. The van der Waals surface area contributed by atoms with Crippen molar-refractivity contribution < 1.29 is 32.6 Å². The molecular formula is C18H16F2N2O5. The molecule has 7 nitrogen and oxygen atoms in total. The van der Waals surface area contributed by atoms with Gasteiger partial charge in [0.05, 0.1) is 12.3 Å². The van der Waals surface area contributed by atoms with Crippen LogP contribution in [0.25, 0.3) is 0 Å². The number of hydrogen-bond acceptors (Lipinski definition) is 6. The van der Waals surface area contributed by atoms with Gasteiger partial charge in [0.25, 0.3) is 5.91 Å². The summed E-state index contributed by atoms with van der Waals surface area (Å²) in [4.78, 5) is 16.5. The molecule has 0 saturated heterocycles. The number of amides is 1. The van der Waals surface area contributed by atoms with Gasteiger partial charge in [0, 0.05) is 18.6 Å². The van der Waals surface area contributed by atoms with Gasteiger partial charge in [-0.25, -0.2) is 8.78 Å². The largest absolute Gasteiger partial charge is 0.493 e. The lowest BCUT2D eigenvalue weighted by Crippen LogP contribution is -2.14. The zero-order valence-corrected chi connectivity index (χ0v) is 14.1. The molecule has 0 unspecified atom stereocenters. The van der Waals surface area contributed by atoms with Crippen LogP contribution in [0.15, 0.2) is 41.6 Å². The minimum Gasteiger partial charge on any atom is -0.493 e. The lowest BCUT2D eigenvalue weighted by molar-refractivity contribution is -0.110. The predicted octanol–water partition coefficient (Wildman–Crippen LogP) is 3.10. The Morgan fingerprint density at radius 2 is 2.00 bits per heavy atom. The van der Waals surface area contributed by atoms with Crippen LogP contribution < -0.4 is 19.5 Å². The Labute approximate surface area is 153 Å². The van der Waals surface area contributed by atoms with E-state index in [1.807, 2.05) is 0 Å². The van der Waals surface area contributed by atoms with Gasteiger partial charge in [0.2, 0.25) is 6.79 Å². The van der Waals surface area contributed by atoms with Crippen LogP contribution in [0.5, 0.6) is 17.2 Å². The van der Waals surface area contributed by atoms with Crippen LogP contribution in [0.2, 0.25) is 0 Å². The summed E-state index contributed by atoms with van der Waals surface area (Å²) in [6.45, 7) is 0.799. The van der Waals surface area contributed by atoms with E-state index in [9.17, 15) is 13.6 Å². The Kier molecular flexibility index (Phi) is 6.03. The predicted molar refractivity (Wildman–Crippen MR) is 92.1 cm³/mol. The van der Waals surface area contributed by atoms with E-state index >= 15 is 0 Å². The molecular weight excluding hydrogens is 362 g/mol. The number of carbonyl (C=O) groups excluding carboxylic acids is 1. The molecule has 9 heteroatoms. The van der Waals surface area contributed by atoms with Gasteiger partial charge in [-0.05, 0) is 24.3 Å². The molecule has 0 aromatic heterocycles. The highest BCUT2D eigenvalue weighted by Gasteiger charge is 2.13. The molecule has 0 spiro atoms. The molecule has 0 aliphatic carbocycles. The first-order valence-corrected chi connectivity index (χ1v) is 8.05. The van der Waals surface area contributed by atoms with Crippen LogP contribution in [0, 0.1) is 11.6 Å². The summed E-state index contributed by atoms with van der Waals surface area (Å²) in [5.74, 6) is -0.347. The van der Waals surface area contributed by atoms with E-state index in [1.165, 1.54) is 0 Å². The van der Waals surface area contributed by atoms with Crippen LogP contribution in [-0.4, -0.2) is 32.1 Å². The highest BCUT2D eigenvalue weighted by Crippen LogP contribution is 2.35. The maximum atomic E-state index is 13.4. The highest BCUT2D eigenvalue weighted by atomic mass is 19.1. The molecule has 1 amide bonds. The van der Waals surface area contributed by atoms with Crippen molar-refractivity contribution in [2.45, 2.75) is 6.42 Å². The molecule has 1 aliphatic rings. The van der Waals surface area contributed by atoms with E-state index in [0.717, 1.165) is 18.3 Å². The summed E-state index contributed by atoms with van der Waals surface area (Å²) in [5.41, 5.74) is -0.148. The van der Waals surface area contributed by atoms with Crippen molar-refractivity contribution >= 4 is 17.8 Å². The molecule has 0 radical (unpaired) electrons. The normalized spacial score (nSPS) is 12.2. The van der Waals surface area contributed by atoms with E-state index < -0.39 is 17.5 Å². The van der Waals surface area contributed by atoms with Crippen molar-refractivity contribution in [1.29, 1.82) is 0 Å². The maximum absolute atomic E-state index is 13.4. The number of halogens is 2. The van der Waals surface area contributed by atoms with Crippen molar-refractivity contribution in [1.82, 2.24) is 0 Å². The molecule has 142 valence electrons. The third-order valence-corrected chi connectivity index (χ3v) is 3.43. The second-order valence-corrected chi connectivity index (χ2v) is 5.40. The van der Waals surface area contributed by atoms with Crippen molar-refractivity contribution in [3.05, 3.63) is 48.0 Å². The SMILES string of the molecule is O=C(/C=N/OCCCOc1ccc2c(c1)OCO2)Nc1ccc(F)cc1F. The number of rotatable bonds is 8. The Morgan fingerprint density at radius 1 is 1.15 bits per heavy atom. The number of nitrogens with zero attached hydrogens (tertiary/aromatic N) is 1. The van der Waals surface area contributed by atoms with Gasteiger partial charge in [-0.2, -0.15) is 0 Å². The van der Waals surface area contributed by atoms with Crippen LogP contribution in [0.3, 0.4) is 0 Å². The number of anilines is 1. The second kappa shape index (κ2) is 8.84. The third-order valence-electron chi connectivity index (χ3n) is 3.43. The fourth-order valence-electron chi connectivity index (χ4n) is 2.17. The van der Waals surface area contributed by atoms with Crippen molar-refractivity contribution in [2.75, 3.05) is 25.3 Å². The summed E-state index contributed by atoms with van der Waals surface area (Å²) < 4.78 is 42.2. The standard InChI is InChI=1S/C18H16F2N2O5/c19-12-2-4-15(14(20)8-12)22-18(23)10-21-27-7-1-6-24-13-3-5-16-17(9-13)26-11-25-16/h2-5,8-10H,1,6-7,11H2,(H,22,23)/b21-10+. The Morgan fingerprint density at radius 3 is 2.85 bits per heavy atom. The number of nitrogens with one attached hydrogen (secondary N) is 1. The fourth-order valence-corrected chi connectivity index (χ4v) is 2.17. The third kappa shape index (κ3) is 5.30. The average molecular weight is 378 g/mol. The van der Waals surface area contributed by atoms with Crippen molar-refractivity contribution in [3.8, 4) is 17.2 Å². The quantitative estimate of drug-likeness (QED) is 0.434. The number of oxime groups is 1. The minimum atomic E-state index is -0.877. The molecule has 27 heavy (non-hydrogen) atoms. The van der Waals surface area contributed by atoms with Crippen LogP contribution >= 0.6 is 0 Å². The minimum absolute atomic E-state index is 0.148. The summed E-state index contributed by atoms with van der Waals surface area (Å²) in [6.07, 6.45) is 1.39. The molecule has 2 aromatic carbocycles. The molecule has 0 saturated carbocycles. The van der Waals surface area contributed by atoms with E-state index in [-0.39, 0.29) is 19.1 Å². The summed E-state index contributed by atoms with van der Waals surface area (Å²) in [5, 5.41) is 5.71. The summed E-state index contributed by atoms with van der Waals surface area (Å²) >= 11 is 0. The molecule has 1 N–H and O–H groups in total. The summed E-state index contributed by atoms with van der Waals surface area (Å²) in [7, 11) is 0. The Hall–Kier alpha value is -3.36. The van der Waals surface area contributed by atoms with Crippen molar-refractivity contribution in [2.24, 2.45) is 5.16 Å². The zero-order chi connectivity index (χ0) is 19.1. The van der Waals surface area contributed by atoms with E-state index in [4.69, 9.17) is 19.0 Å². The second-order valence-electron chi connectivity index (χ2n) is 5.40. The monoisotopic (exact) mass is 378 g/mol.